The Morgan fingerprint density at radius 1 is 1.15 bits per heavy atom. The highest BCUT2D eigenvalue weighted by Crippen LogP contribution is 2.24. The second kappa shape index (κ2) is 8.60. The average Bonchev–Trinajstić information content (AvgIpc) is 3.04. The molecule has 0 spiro atoms. The molecular weight excluding hydrogens is 366 g/mol. The minimum atomic E-state index is -0.283. The highest BCUT2D eigenvalue weighted by molar-refractivity contribution is 6.30. The third-order valence-electron chi connectivity index (χ3n) is 3.98. The molecule has 0 fully saturated rings. The molecule has 0 atom stereocenters. The second-order valence-electron chi connectivity index (χ2n) is 5.89. The van der Waals surface area contributed by atoms with E-state index in [-0.39, 0.29) is 6.03 Å². The van der Waals surface area contributed by atoms with Crippen molar-refractivity contribution >= 4 is 23.3 Å². The van der Waals surface area contributed by atoms with E-state index in [1.54, 1.807) is 31.4 Å². The zero-order chi connectivity index (χ0) is 19.2. The van der Waals surface area contributed by atoms with Crippen molar-refractivity contribution in [3.63, 3.8) is 0 Å². The van der Waals surface area contributed by atoms with E-state index in [1.807, 2.05) is 31.2 Å². The molecule has 0 saturated heterocycles. The van der Waals surface area contributed by atoms with Crippen molar-refractivity contribution in [2.24, 2.45) is 0 Å². The van der Waals surface area contributed by atoms with Crippen molar-refractivity contribution in [1.82, 2.24) is 10.3 Å². The van der Waals surface area contributed by atoms with Gasteiger partial charge in [-0.2, -0.15) is 0 Å². The zero-order valence-electron chi connectivity index (χ0n) is 15.1. The molecule has 2 amide bonds. The first-order valence-corrected chi connectivity index (χ1v) is 8.84. The SMILES string of the molecule is COc1ccc(-c2nc(CCNC(=O)Nc3ccc(Cl)cc3)c(C)o2)cc1. The molecule has 1 heterocycles. The van der Waals surface area contributed by atoms with Gasteiger partial charge in [0.05, 0.1) is 12.8 Å². The van der Waals surface area contributed by atoms with E-state index in [4.69, 9.17) is 20.8 Å². The molecule has 140 valence electrons. The number of carbonyl (C=O) groups is 1. The molecule has 1 aromatic heterocycles. The van der Waals surface area contributed by atoms with Gasteiger partial charge in [-0.3, -0.25) is 0 Å². The number of rotatable bonds is 6. The molecule has 0 unspecified atom stereocenters. The van der Waals surface area contributed by atoms with Crippen molar-refractivity contribution < 1.29 is 13.9 Å². The Balaban J connectivity index is 1.54. The number of ether oxygens (including phenoxy) is 1. The summed E-state index contributed by atoms with van der Waals surface area (Å²) >= 11 is 5.83. The minimum Gasteiger partial charge on any atom is -0.497 e. The normalized spacial score (nSPS) is 10.5. The Kier molecular flexibility index (Phi) is 5.98. The van der Waals surface area contributed by atoms with Crippen LogP contribution in [0.5, 0.6) is 5.75 Å². The number of urea groups is 1. The Morgan fingerprint density at radius 3 is 2.52 bits per heavy atom. The summed E-state index contributed by atoms with van der Waals surface area (Å²) in [4.78, 5) is 16.5. The van der Waals surface area contributed by atoms with Crippen LogP contribution in [0.25, 0.3) is 11.5 Å². The first-order chi connectivity index (χ1) is 13.0. The fraction of sp³-hybridized carbons (Fsp3) is 0.200. The van der Waals surface area contributed by atoms with E-state index in [2.05, 4.69) is 15.6 Å². The number of aryl methyl sites for hydroxylation is 1. The quantitative estimate of drug-likeness (QED) is 0.646. The largest absolute Gasteiger partial charge is 0.497 e. The summed E-state index contributed by atoms with van der Waals surface area (Å²) in [5, 5.41) is 6.17. The zero-order valence-corrected chi connectivity index (χ0v) is 15.8. The predicted octanol–water partition coefficient (Wildman–Crippen LogP) is 4.68. The van der Waals surface area contributed by atoms with Crippen LogP contribution < -0.4 is 15.4 Å². The molecule has 3 aromatic rings. The van der Waals surface area contributed by atoms with Crippen LogP contribution in [0.15, 0.2) is 52.9 Å². The molecule has 0 aliphatic carbocycles. The summed E-state index contributed by atoms with van der Waals surface area (Å²) in [6.45, 7) is 2.30. The topological polar surface area (TPSA) is 76.4 Å². The van der Waals surface area contributed by atoms with Gasteiger partial charge in [0, 0.05) is 29.2 Å². The highest BCUT2D eigenvalue weighted by Gasteiger charge is 2.12. The molecule has 0 bridgehead atoms. The Bertz CT molecular complexity index is 905. The van der Waals surface area contributed by atoms with E-state index in [0.29, 0.717) is 29.6 Å². The van der Waals surface area contributed by atoms with Crippen molar-refractivity contribution in [3.8, 4) is 17.2 Å². The lowest BCUT2D eigenvalue weighted by Gasteiger charge is -2.07. The Hall–Kier alpha value is -2.99. The number of amides is 2. The predicted molar refractivity (Wildman–Crippen MR) is 105 cm³/mol. The van der Waals surface area contributed by atoms with Crippen LogP contribution in [-0.2, 0) is 6.42 Å². The van der Waals surface area contributed by atoms with E-state index in [0.717, 1.165) is 22.8 Å². The molecule has 6 nitrogen and oxygen atoms in total. The van der Waals surface area contributed by atoms with Gasteiger partial charge in [-0.15, -0.1) is 0 Å². The number of nitrogens with zero attached hydrogens (tertiary/aromatic N) is 1. The number of benzene rings is 2. The summed E-state index contributed by atoms with van der Waals surface area (Å²) in [7, 11) is 1.62. The fourth-order valence-corrected chi connectivity index (χ4v) is 2.65. The van der Waals surface area contributed by atoms with Gasteiger partial charge < -0.3 is 19.8 Å². The number of carbonyl (C=O) groups excluding carboxylic acids is 1. The molecule has 0 aliphatic heterocycles. The number of methoxy groups -OCH3 is 1. The third kappa shape index (κ3) is 5.01. The summed E-state index contributed by atoms with van der Waals surface area (Å²) in [5.74, 6) is 2.06. The summed E-state index contributed by atoms with van der Waals surface area (Å²) in [5.41, 5.74) is 2.36. The van der Waals surface area contributed by atoms with Gasteiger partial charge in [-0.25, -0.2) is 9.78 Å². The molecule has 3 rings (SSSR count). The number of oxazole rings is 1. The van der Waals surface area contributed by atoms with Gasteiger partial charge in [-0.1, -0.05) is 11.6 Å². The van der Waals surface area contributed by atoms with Crippen molar-refractivity contribution in [1.29, 1.82) is 0 Å². The van der Waals surface area contributed by atoms with E-state index in [1.165, 1.54) is 0 Å². The van der Waals surface area contributed by atoms with Gasteiger partial charge in [0.2, 0.25) is 5.89 Å². The molecular formula is C20H20ClN3O3. The van der Waals surface area contributed by atoms with Gasteiger partial charge in [0.1, 0.15) is 11.5 Å². The number of hydrogen-bond acceptors (Lipinski definition) is 4. The molecule has 0 aliphatic rings. The summed E-state index contributed by atoms with van der Waals surface area (Å²) in [6.07, 6.45) is 0.569. The van der Waals surface area contributed by atoms with Crippen LogP contribution in [-0.4, -0.2) is 24.7 Å². The lowest BCUT2D eigenvalue weighted by molar-refractivity contribution is 0.252. The van der Waals surface area contributed by atoms with Crippen molar-refractivity contribution in [2.75, 3.05) is 19.0 Å². The van der Waals surface area contributed by atoms with Crippen LogP contribution in [0.1, 0.15) is 11.5 Å². The first kappa shape index (κ1) is 18.8. The first-order valence-electron chi connectivity index (χ1n) is 8.46. The van der Waals surface area contributed by atoms with E-state index in [9.17, 15) is 4.79 Å². The maximum Gasteiger partial charge on any atom is 0.319 e. The summed E-state index contributed by atoms with van der Waals surface area (Å²) < 4.78 is 10.9. The molecule has 27 heavy (non-hydrogen) atoms. The second-order valence-corrected chi connectivity index (χ2v) is 6.32. The minimum absolute atomic E-state index is 0.283. The molecule has 7 heteroatoms. The van der Waals surface area contributed by atoms with Gasteiger partial charge in [-0.05, 0) is 55.5 Å². The number of nitrogens with one attached hydrogen (secondary N) is 2. The van der Waals surface area contributed by atoms with Crippen molar-refractivity contribution in [3.05, 3.63) is 65.0 Å². The molecule has 2 aromatic carbocycles. The van der Waals surface area contributed by atoms with Crippen LogP contribution in [0.4, 0.5) is 10.5 Å². The Morgan fingerprint density at radius 2 is 1.85 bits per heavy atom. The number of hydrogen-bond donors (Lipinski definition) is 2. The van der Waals surface area contributed by atoms with E-state index < -0.39 is 0 Å². The van der Waals surface area contributed by atoms with Crippen molar-refractivity contribution in [2.45, 2.75) is 13.3 Å². The molecule has 0 saturated carbocycles. The van der Waals surface area contributed by atoms with E-state index >= 15 is 0 Å². The monoisotopic (exact) mass is 385 g/mol. The lowest BCUT2D eigenvalue weighted by Crippen LogP contribution is -2.30. The standard InChI is InChI=1S/C20H20ClN3O3/c1-13-18(24-19(27-13)14-3-9-17(26-2)10-4-14)11-12-22-20(25)23-16-7-5-15(21)6-8-16/h3-10H,11-12H2,1-2H3,(H2,22,23,25). The van der Waals surface area contributed by atoms with Crippen LogP contribution in [0, 0.1) is 6.92 Å². The maximum absolute atomic E-state index is 11.9. The smallest absolute Gasteiger partial charge is 0.319 e. The maximum atomic E-state index is 11.9. The highest BCUT2D eigenvalue weighted by atomic mass is 35.5. The number of halogens is 1. The van der Waals surface area contributed by atoms with Crippen LogP contribution >= 0.6 is 11.6 Å². The van der Waals surface area contributed by atoms with Gasteiger partial charge in [0.25, 0.3) is 0 Å². The number of anilines is 1. The van der Waals surface area contributed by atoms with Crippen LogP contribution in [0.2, 0.25) is 5.02 Å². The molecule has 2 N–H and O–H groups in total. The number of aromatic nitrogens is 1. The third-order valence-corrected chi connectivity index (χ3v) is 4.23. The Labute approximate surface area is 162 Å². The van der Waals surface area contributed by atoms with Gasteiger partial charge in [0.15, 0.2) is 0 Å². The van der Waals surface area contributed by atoms with Gasteiger partial charge >= 0.3 is 6.03 Å². The van der Waals surface area contributed by atoms with Crippen LogP contribution in [0.3, 0.4) is 0 Å². The molecule has 0 radical (unpaired) electrons. The fourth-order valence-electron chi connectivity index (χ4n) is 2.52. The summed E-state index contributed by atoms with van der Waals surface area (Å²) in [6, 6.07) is 14.1. The average molecular weight is 386 g/mol. The lowest BCUT2D eigenvalue weighted by atomic mass is 10.2.